The highest BCUT2D eigenvalue weighted by Gasteiger charge is 2.35. The molecule has 0 aliphatic carbocycles. The lowest BCUT2D eigenvalue weighted by molar-refractivity contribution is -0.345. The zero-order valence-electron chi connectivity index (χ0n) is 25.5. The van der Waals surface area contributed by atoms with Gasteiger partial charge in [0.2, 0.25) is 11.4 Å². The molecule has 0 unspecified atom stereocenters. The van der Waals surface area contributed by atoms with Crippen LogP contribution in [0.2, 0.25) is 0 Å². The van der Waals surface area contributed by atoms with Crippen LogP contribution in [-0.2, 0) is 6.42 Å². The molecular formula is C37H54N2. The van der Waals surface area contributed by atoms with Crippen molar-refractivity contribution in [2.45, 2.75) is 137 Å². The number of hydrogen-bond acceptors (Lipinski definition) is 0. The average Bonchev–Trinajstić information content (AvgIpc) is 3.22. The van der Waals surface area contributed by atoms with Gasteiger partial charge in [-0.15, -0.1) is 0 Å². The van der Waals surface area contributed by atoms with Crippen LogP contribution in [0, 0.1) is 6.92 Å². The van der Waals surface area contributed by atoms with Crippen molar-refractivity contribution in [3.05, 3.63) is 87.5 Å². The van der Waals surface area contributed by atoms with E-state index < -0.39 is 0 Å². The van der Waals surface area contributed by atoms with E-state index in [0.29, 0.717) is 0 Å². The molecule has 1 aliphatic rings. The highest BCUT2D eigenvalue weighted by Crippen LogP contribution is 2.44. The number of unbranched alkanes of at least 4 members (excludes halogenated alkanes) is 11. The molecule has 0 fully saturated rings. The van der Waals surface area contributed by atoms with Gasteiger partial charge in [0.15, 0.2) is 0 Å². The summed E-state index contributed by atoms with van der Waals surface area (Å²) in [4.78, 5) is 0. The Balaban J connectivity index is 1.98. The summed E-state index contributed by atoms with van der Waals surface area (Å²) in [5.74, 6) is 0. The van der Waals surface area contributed by atoms with Gasteiger partial charge in [0.25, 0.3) is 0 Å². The molecule has 0 N–H and O–H groups in total. The van der Waals surface area contributed by atoms with Crippen LogP contribution in [0.1, 0.15) is 146 Å². The van der Waals surface area contributed by atoms with E-state index in [9.17, 15) is 5.53 Å². The number of rotatable bonds is 19. The van der Waals surface area contributed by atoms with E-state index >= 15 is 0 Å². The van der Waals surface area contributed by atoms with Crippen LogP contribution in [0.5, 0.6) is 0 Å². The lowest BCUT2D eigenvalue weighted by Gasteiger charge is -2.11. The van der Waals surface area contributed by atoms with Gasteiger partial charge in [0.1, 0.15) is 0 Å². The van der Waals surface area contributed by atoms with Crippen LogP contribution in [-0.4, -0.2) is 4.70 Å². The number of aryl methyl sites for hydroxylation is 2. The second kappa shape index (κ2) is 17.3. The van der Waals surface area contributed by atoms with Gasteiger partial charge in [-0.05, 0) is 75.3 Å². The fourth-order valence-electron chi connectivity index (χ4n) is 6.00. The number of nitrogens with zero attached hydrogens (tertiary/aromatic N) is 2. The molecule has 0 bridgehead atoms. The lowest BCUT2D eigenvalue weighted by Crippen LogP contribution is -2.03. The van der Waals surface area contributed by atoms with Crippen molar-refractivity contribution >= 4 is 11.4 Å². The van der Waals surface area contributed by atoms with Gasteiger partial charge in [-0.1, -0.05) is 121 Å². The molecule has 0 saturated carbocycles. The van der Waals surface area contributed by atoms with Crippen LogP contribution in [0.25, 0.3) is 16.9 Å². The summed E-state index contributed by atoms with van der Waals surface area (Å²) in [5, 5.41) is 0. The quantitative estimate of drug-likeness (QED) is 0.128. The highest BCUT2D eigenvalue weighted by molar-refractivity contribution is 5.82. The largest absolute Gasteiger partial charge is 0.493 e. The Bertz CT molecular complexity index is 1100. The van der Waals surface area contributed by atoms with Crippen molar-refractivity contribution < 1.29 is 4.70 Å². The SMILES string of the molecule is CCCCCCCCC1=C(c2cccc(C)c2)[N+](=[N-])C(c2cccc(CCCC)c2)=C1CCCCCCCC. The first-order valence-corrected chi connectivity index (χ1v) is 16.2. The van der Waals surface area contributed by atoms with E-state index in [2.05, 4.69) is 76.2 Å². The molecule has 212 valence electrons. The molecule has 2 heteroatoms. The van der Waals surface area contributed by atoms with Crippen molar-refractivity contribution in [1.82, 2.24) is 0 Å². The maximum Gasteiger partial charge on any atom is 0.211 e. The van der Waals surface area contributed by atoms with Gasteiger partial charge in [-0.2, -0.15) is 0 Å². The maximum atomic E-state index is 11.9. The molecule has 0 aromatic heterocycles. The lowest BCUT2D eigenvalue weighted by atomic mass is 9.90. The van der Waals surface area contributed by atoms with Crippen molar-refractivity contribution in [1.29, 1.82) is 0 Å². The van der Waals surface area contributed by atoms with Gasteiger partial charge in [-0.25, -0.2) is 4.70 Å². The van der Waals surface area contributed by atoms with Gasteiger partial charge < -0.3 is 5.53 Å². The van der Waals surface area contributed by atoms with Crippen LogP contribution >= 0.6 is 0 Å². The molecule has 0 atom stereocenters. The summed E-state index contributed by atoms with van der Waals surface area (Å²) in [6.07, 6.45) is 21.0. The van der Waals surface area contributed by atoms with Gasteiger partial charge in [0.05, 0.1) is 0 Å². The predicted molar refractivity (Wildman–Crippen MR) is 170 cm³/mol. The normalized spacial score (nSPS) is 13.7. The standard InChI is InChI=1S/C37H54N2/c1-5-8-11-13-15-17-26-34-35(27-18-16-14-12-9-6-2)37(33-25-20-23-31(29-33)22-10-7-3)39(38)36(34)32-24-19-21-30(4)28-32/h19-21,23-25,28-29H,5-18,22,26-27H2,1-4H3. The number of hydrogen-bond donors (Lipinski definition) is 0. The molecule has 2 aromatic carbocycles. The number of allylic oxidation sites excluding steroid dienone is 2. The summed E-state index contributed by atoms with van der Waals surface area (Å²) in [6.45, 7) is 8.97. The molecule has 0 saturated heterocycles. The first kappa shape index (κ1) is 31.1. The Morgan fingerprint density at radius 3 is 1.56 bits per heavy atom. The van der Waals surface area contributed by atoms with E-state index in [0.717, 1.165) is 41.8 Å². The molecule has 0 radical (unpaired) electrons. The fourth-order valence-corrected chi connectivity index (χ4v) is 6.00. The minimum absolute atomic E-state index is 1.02. The Kier molecular flexibility index (Phi) is 13.7. The van der Waals surface area contributed by atoms with E-state index in [1.165, 1.54) is 112 Å². The molecule has 1 heterocycles. The maximum absolute atomic E-state index is 11.9. The van der Waals surface area contributed by atoms with Crippen LogP contribution < -0.4 is 0 Å². The van der Waals surface area contributed by atoms with E-state index in [4.69, 9.17) is 0 Å². The Morgan fingerprint density at radius 1 is 0.538 bits per heavy atom. The number of benzene rings is 2. The minimum Gasteiger partial charge on any atom is -0.493 e. The topological polar surface area (TPSA) is 25.3 Å². The highest BCUT2D eigenvalue weighted by atomic mass is 15.2. The summed E-state index contributed by atoms with van der Waals surface area (Å²) >= 11 is 0. The summed E-state index contributed by atoms with van der Waals surface area (Å²) in [5.41, 5.74) is 21.6. The molecule has 2 aromatic rings. The van der Waals surface area contributed by atoms with E-state index in [1.807, 2.05) is 0 Å². The minimum atomic E-state index is 1.02. The first-order valence-electron chi connectivity index (χ1n) is 16.2. The van der Waals surface area contributed by atoms with Crippen molar-refractivity contribution in [2.24, 2.45) is 0 Å². The van der Waals surface area contributed by atoms with Crippen LogP contribution in [0.15, 0.2) is 59.7 Å². The van der Waals surface area contributed by atoms with Crippen molar-refractivity contribution in [2.75, 3.05) is 0 Å². The second-order valence-corrected chi connectivity index (χ2v) is 11.7. The predicted octanol–water partition coefficient (Wildman–Crippen LogP) is 12.0. The van der Waals surface area contributed by atoms with E-state index in [-0.39, 0.29) is 0 Å². The second-order valence-electron chi connectivity index (χ2n) is 11.7. The van der Waals surface area contributed by atoms with E-state index in [1.54, 1.807) is 4.70 Å². The first-order chi connectivity index (χ1) is 19.1. The fraction of sp³-hybridized carbons (Fsp3) is 0.568. The van der Waals surface area contributed by atoms with Gasteiger partial charge in [-0.3, -0.25) is 0 Å². The smallest absolute Gasteiger partial charge is 0.211 e. The molecule has 39 heavy (non-hydrogen) atoms. The summed E-state index contributed by atoms with van der Waals surface area (Å²) in [6, 6.07) is 17.7. The van der Waals surface area contributed by atoms with Crippen molar-refractivity contribution in [3.63, 3.8) is 0 Å². The van der Waals surface area contributed by atoms with Crippen molar-refractivity contribution in [3.8, 4) is 0 Å². The van der Waals surface area contributed by atoms with Gasteiger partial charge >= 0.3 is 0 Å². The Labute approximate surface area is 240 Å². The Hall–Kier alpha value is -2.48. The molecule has 0 spiro atoms. The summed E-state index contributed by atoms with van der Waals surface area (Å²) in [7, 11) is 0. The molecular weight excluding hydrogens is 472 g/mol. The van der Waals surface area contributed by atoms with Gasteiger partial charge in [0, 0.05) is 22.3 Å². The summed E-state index contributed by atoms with van der Waals surface area (Å²) < 4.78 is 1.56. The van der Waals surface area contributed by atoms with Crippen LogP contribution in [0.4, 0.5) is 0 Å². The third-order valence-electron chi connectivity index (χ3n) is 8.23. The average molecular weight is 527 g/mol. The third kappa shape index (κ3) is 9.30. The Morgan fingerprint density at radius 2 is 1.03 bits per heavy atom. The molecule has 0 amide bonds. The van der Waals surface area contributed by atoms with Crippen LogP contribution in [0.3, 0.4) is 0 Å². The molecule has 3 rings (SSSR count). The third-order valence-corrected chi connectivity index (χ3v) is 8.23. The zero-order chi connectivity index (χ0) is 27.9. The monoisotopic (exact) mass is 526 g/mol. The molecule has 1 aliphatic heterocycles. The zero-order valence-corrected chi connectivity index (χ0v) is 25.5. The molecule has 2 nitrogen and oxygen atoms in total.